The van der Waals surface area contributed by atoms with Gasteiger partial charge >= 0.3 is 5.97 Å². The maximum absolute atomic E-state index is 12.9. The molecule has 7 heteroatoms. The van der Waals surface area contributed by atoms with Crippen LogP contribution in [-0.2, 0) is 19.1 Å². The molecule has 1 aromatic carbocycles. The summed E-state index contributed by atoms with van der Waals surface area (Å²) in [5, 5.41) is 4.75. The molecule has 0 spiro atoms. The van der Waals surface area contributed by atoms with E-state index in [1.807, 2.05) is 62.5 Å². The molecule has 2 amide bonds. The van der Waals surface area contributed by atoms with Crippen LogP contribution in [-0.4, -0.2) is 30.4 Å². The molecular weight excluding hydrogens is 400 g/mol. The van der Waals surface area contributed by atoms with E-state index in [9.17, 15) is 14.4 Å². The monoisotopic (exact) mass is 428 g/mol. The molecule has 3 rings (SSSR count). The molecule has 1 N–H and O–H groups in total. The van der Waals surface area contributed by atoms with Crippen LogP contribution in [0.15, 0.2) is 41.8 Å². The minimum Gasteiger partial charge on any atom is -0.455 e. The molecule has 30 heavy (non-hydrogen) atoms. The number of rotatable bonds is 8. The van der Waals surface area contributed by atoms with Gasteiger partial charge in [0.15, 0.2) is 6.61 Å². The summed E-state index contributed by atoms with van der Waals surface area (Å²) in [6.07, 6.45) is 1.88. The van der Waals surface area contributed by atoms with E-state index in [1.54, 1.807) is 4.90 Å². The van der Waals surface area contributed by atoms with Crippen molar-refractivity contribution in [3.63, 3.8) is 0 Å². The van der Waals surface area contributed by atoms with Crippen molar-refractivity contribution in [3.05, 3.63) is 52.2 Å². The predicted molar refractivity (Wildman–Crippen MR) is 117 cm³/mol. The molecule has 0 saturated carbocycles. The largest absolute Gasteiger partial charge is 0.455 e. The van der Waals surface area contributed by atoms with Gasteiger partial charge in [-0.3, -0.25) is 14.4 Å². The number of thiophene rings is 1. The summed E-state index contributed by atoms with van der Waals surface area (Å²) in [7, 11) is 0. The maximum Gasteiger partial charge on any atom is 0.312 e. The Bertz CT molecular complexity index is 879. The second kappa shape index (κ2) is 9.89. The Kier molecular flexibility index (Phi) is 7.26. The number of ether oxygens (including phenoxy) is 1. The van der Waals surface area contributed by atoms with Crippen molar-refractivity contribution in [2.24, 2.45) is 5.92 Å². The summed E-state index contributed by atoms with van der Waals surface area (Å²) < 4.78 is 5.32. The van der Waals surface area contributed by atoms with E-state index in [0.29, 0.717) is 0 Å². The van der Waals surface area contributed by atoms with Crippen molar-refractivity contribution in [1.29, 1.82) is 0 Å². The summed E-state index contributed by atoms with van der Waals surface area (Å²) >= 11 is 1.50. The fourth-order valence-electron chi connectivity index (χ4n) is 3.81. The van der Waals surface area contributed by atoms with Gasteiger partial charge in [0.25, 0.3) is 5.91 Å². The van der Waals surface area contributed by atoms with E-state index >= 15 is 0 Å². The Hall–Kier alpha value is -2.67. The molecule has 160 valence electrons. The Labute approximate surface area is 181 Å². The lowest BCUT2D eigenvalue weighted by Crippen LogP contribution is -2.37. The van der Waals surface area contributed by atoms with E-state index < -0.39 is 17.9 Å². The number of amides is 2. The number of hydrogen-bond acceptors (Lipinski definition) is 5. The van der Waals surface area contributed by atoms with Crippen LogP contribution in [0.4, 0.5) is 5.69 Å². The van der Waals surface area contributed by atoms with Gasteiger partial charge in [0, 0.05) is 23.0 Å². The van der Waals surface area contributed by atoms with Crippen molar-refractivity contribution in [2.75, 3.05) is 11.5 Å². The number of hydrogen-bond donors (Lipinski definition) is 1. The fourth-order valence-corrected chi connectivity index (χ4v) is 4.69. The van der Waals surface area contributed by atoms with Gasteiger partial charge in [0.1, 0.15) is 0 Å². The molecule has 0 bridgehead atoms. The second-order valence-corrected chi connectivity index (χ2v) is 8.71. The van der Waals surface area contributed by atoms with Crippen molar-refractivity contribution in [3.8, 4) is 0 Å². The lowest BCUT2D eigenvalue weighted by atomic mass is 9.99. The molecule has 1 aliphatic rings. The number of carbonyl (C=O) groups excluding carboxylic acids is 3. The van der Waals surface area contributed by atoms with Crippen LogP contribution in [0.1, 0.15) is 49.6 Å². The highest BCUT2D eigenvalue weighted by molar-refractivity contribution is 7.10. The SMILES string of the molecule is CCCC(C)NC(=O)COC(=O)C1CC(=O)N(c2ccc(C)cc2)C1c1cccs1. The summed E-state index contributed by atoms with van der Waals surface area (Å²) in [5.74, 6) is -1.62. The highest BCUT2D eigenvalue weighted by atomic mass is 32.1. The summed E-state index contributed by atoms with van der Waals surface area (Å²) in [6.45, 7) is 5.62. The molecule has 1 aliphatic heterocycles. The molecule has 0 aliphatic carbocycles. The standard InChI is InChI=1S/C23H28N2O4S/c1-4-6-16(3)24-20(26)14-29-23(28)18-13-21(27)25(17-10-8-15(2)9-11-17)22(18)19-7-5-12-30-19/h5,7-12,16,18,22H,4,6,13-14H2,1-3H3,(H,24,26). The topological polar surface area (TPSA) is 75.7 Å². The number of esters is 1. The molecule has 3 atom stereocenters. The van der Waals surface area contributed by atoms with Crippen molar-refractivity contribution in [2.45, 2.75) is 52.1 Å². The van der Waals surface area contributed by atoms with Gasteiger partial charge in [0.05, 0.1) is 12.0 Å². The summed E-state index contributed by atoms with van der Waals surface area (Å²) in [6, 6.07) is 11.1. The number of anilines is 1. The molecule has 0 radical (unpaired) electrons. The lowest BCUT2D eigenvalue weighted by molar-refractivity contribution is -0.153. The van der Waals surface area contributed by atoms with Crippen molar-refractivity contribution in [1.82, 2.24) is 5.32 Å². The predicted octanol–water partition coefficient (Wildman–Crippen LogP) is 4.00. The number of carbonyl (C=O) groups is 3. The number of benzene rings is 1. The third-order valence-corrected chi connectivity index (χ3v) is 6.19. The highest BCUT2D eigenvalue weighted by Gasteiger charge is 2.46. The second-order valence-electron chi connectivity index (χ2n) is 7.74. The number of nitrogens with one attached hydrogen (secondary N) is 1. The van der Waals surface area contributed by atoms with E-state index in [1.165, 1.54) is 11.3 Å². The third kappa shape index (κ3) is 5.08. The molecule has 1 aromatic heterocycles. The third-order valence-electron chi connectivity index (χ3n) is 5.25. The molecule has 1 saturated heterocycles. The first-order chi connectivity index (χ1) is 14.4. The minimum atomic E-state index is -0.654. The van der Waals surface area contributed by atoms with Crippen LogP contribution in [0, 0.1) is 12.8 Å². The average molecular weight is 429 g/mol. The summed E-state index contributed by atoms with van der Waals surface area (Å²) in [5.41, 5.74) is 1.85. The fraction of sp³-hybridized carbons (Fsp3) is 0.435. The lowest BCUT2D eigenvalue weighted by Gasteiger charge is -2.27. The van der Waals surface area contributed by atoms with E-state index in [2.05, 4.69) is 5.32 Å². The molecular formula is C23H28N2O4S. The molecule has 1 fully saturated rings. The summed E-state index contributed by atoms with van der Waals surface area (Å²) in [4.78, 5) is 40.4. The average Bonchev–Trinajstić information content (AvgIpc) is 3.34. The smallest absolute Gasteiger partial charge is 0.312 e. The Morgan fingerprint density at radius 1 is 1.27 bits per heavy atom. The van der Waals surface area contributed by atoms with Gasteiger partial charge in [-0.25, -0.2) is 0 Å². The first-order valence-corrected chi connectivity index (χ1v) is 11.2. The first-order valence-electron chi connectivity index (χ1n) is 10.3. The van der Waals surface area contributed by atoms with Crippen LogP contribution in [0.5, 0.6) is 0 Å². The highest BCUT2D eigenvalue weighted by Crippen LogP contribution is 2.43. The zero-order chi connectivity index (χ0) is 21.7. The van der Waals surface area contributed by atoms with Gasteiger partial charge in [0.2, 0.25) is 5.91 Å². The van der Waals surface area contributed by atoms with Crippen LogP contribution in [0.2, 0.25) is 0 Å². The van der Waals surface area contributed by atoms with Gasteiger partial charge in [-0.05, 0) is 43.8 Å². The van der Waals surface area contributed by atoms with Crippen LogP contribution in [0.25, 0.3) is 0 Å². The molecule has 3 unspecified atom stereocenters. The first kappa shape index (κ1) is 22.0. The van der Waals surface area contributed by atoms with Crippen molar-refractivity contribution < 1.29 is 19.1 Å². The molecule has 6 nitrogen and oxygen atoms in total. The Morgan fingerprint density at radius 2 is 2.00 bits per heavy atom. The normalized spacial score (nSPS) is 19.6. The van der Waals surface area contributed by atoms with Gasteiger partial charge in [-0.2, -0.15) is 0 Å². The van der Waals surface area contributed by atoms with E-state index in [-0.39, 0.29) is 30.9 Å². The Balaban J connectivity index is 1.75. The van der Waals surface area contributed by atoms with Gasteiger partial charge < -0.3 is 15.0 Å². The van der Waals surface area contributed by atoms with E-state index in [0.717, 1.165) is 29.0 Å². The van der Waals surface area contributed by atoms with Crippen LogP contribution < -0.4 is 10.2 Å². The van der Waals surface area contributed by atoms with E-state index in [4.69, 9.17) is 4.74 Å². The molecule has 2 aromatic rings. The zero-order valence-corrected chi connectivity index (χ0v) is 18.4. The van der Waals surface area contributed by atoms with Crippen LogP contribution >= 0.6 is 11.3 Å². The molecule has 2 heterocycles. The van der Waals surface area contributed by atoms with Crippen LogP contribution in [0.3, 0.4) is 0 Å². The zero-order valence-electron chi connectivity index (χ0n) is 17.6. The van der Waals surface area contributed by atoms with Gasteiger partial charge in [-0.15, -0.1) is 11.3 Å². The number of aryl methyl sites for hydroxylation is 1. The number of nitrogens with zero attached hydrogens (tertiary/aromatic N) is 1. The quantitative estimate of drug-likeness (QED) is 0.645. The van der Waals surface area contributed by atoms with Crippen molar-refractivity contribution >= 4 is 34.8 Å². The minimum absolute atomic E-state index is 0.0326. The Morgan fingerprint density at radius 3 is 2.63 bits per heavy atom. The van der Waals surface area contributed by atoms with Gasteiger partial charge in [-0.1, -0.05) is 37.1 Å². The maximum atomic E-state index is 12.9.